The first-order valence-electron chi connectivity index (χ1n) is 5.64. The van der Waals surface area contributed by atoms with Crippen molar-refractivity contribution in [1.29, 1.82) is 0 Å². The molecule has 2 rings (SSSR count). The van der Waals surface area contributed by atoms with E-state index in [9.17, 15) is 14.7 Å². The second kappa shape index (κ2) is 4.97. The number of nitrogens with one attached hydrogen (secondary N) is 1. The maximum Gasteiger partial charge on any atom is 0.338 e. The van der Waals surface area contributed by atoms with Gasteiger partial charge in [-0.15, -0.1) is 0 Å². The Bertz CT molecular complexity index is 688. The molecule has 1 aromatic carbocycles. The molecule has 2 aromatic rings. The van der Waals surface area contributed by atoms with Crippen molar-refractivity contribution in [3.8, 4) is 17.0 Å². The Balaban J connectivity index is 2.56. The monoisotopic (exact) mass is 259 g/mol. The molecule has 0 aliphatic rings. The number of hydrogen-bond acceptors (Lipinski definition) is 4. The van der Waals surface area contributed by atoms with Gasteiger partial charge < -0.3 is 14.8 Å². The van der Waals surface area contributed by atoms with Crippen molar-refractivity contribution >= 4 is 5.97 Å². The van der Waals surface area contributed by atoms with Crippen molar-refractivity contribution in [3.63, 3.8) is 0 Å². The van der Waals surface area contributed by atoms with E-state index in [1.807, 2.05) is 0 Å². The number of aromatic hydroxyl groups is 1. The lowest BCUT2D eigenvalue weighted by Crippen LogP contribution is -2.11. The number of carbonyl (C=O) groups excluding carboxylic acids is 1. The van der Waals surface area contributed by atoms with Crippen LogP contribution in [-0.4, -0.2) is 23.2 Å². The number of carbonyl (C=O) groups is 1. The van der Waals surface area contributed by atoms with Gasteiger partial charge in [-0.2, -0.15) is 0 Å². The topological polar surface area (TPSA) is 79.4 Å². The molecule has 0 saturated heterocycles. The van der Waals surface area contributed by atoms with Gasteiger partial charge in [-0.1, -0.05) is 0 Å². The smallest absolute Gasteiger partial charge is 0.338 e. The summed E-state index contributed by atoms with van der Waals surface area (Å²) in [6.45, 7) is 1.75. The van der Waals surface area contributed by atoms with Crippen LogP contribution >= 0.6 is 0 Å². The number of aryl methyl sites for hydroxylation is 1. The highest BCUT2D eigenvalue weighted by Gasteiger charge is 2.10. The number of aromatic nitrogens is 1. The molecule has 0 saturated carbocycles. The number of hydrogen-bond donors (Lipinski definition) is 2. The Hall–Kier alpha value is -2.56. The Labute approximate surface area is 109 Å². The number of phenols is 1. The van der Waals surface area contributed by atoms with Gasteiger partial charge >= 0.3 is 5.97 Å². The van der Waals surface area contributed by atoms with Crippen LogP contribution in [0.2, 0.25) is 0 Å². The molecule has 0 aliphatic carbocycles. The fourth-order valence-corrected chi connectivity index (χ4v) is 1.76. The predicted molar refractivity (Wildman–Crippen MR) is 70.2 cm³/mol. The van der Waals surface area contributed by atoms with Crippen LogP contribution in [-0.2, 0) is 4.74 Å². The second-order valence-electron chi connectivity index (χ2n) is 4.14. The average Bonchev–Trinajstić information content (AvgIpc) is 2.40. The molecule has 0 fully saturated rings. The maximum atomic E-state index is 11.5. The molecule has 0 atom stereocenters. The zero-order valence-corrected chi connectivity index (χ0v) is 10.6. The van der Waals surface area contributed by atoms with Gasteiger partial charge in [0.1, 0.15) is 5.75 Å². The number of benzene rings is 1. The molecule has 0 amide bonds. The molecule has 19 heavy (non-hydrogen) atoms. The van der Waals surface area contributed by atoms with E-state index in [2.05, 4.69) is 9.72 Å². The summed E-state index contributed by atoms with van der Waals surface area (Å²) in [5.74, 6) is -0.391. The van der Waals surface area contributed by atoms with E-state index >= 15 is 0 Å². The SMILES string of the molecule is COC(=O)c1cc(-c2ccc(O)c(C)c2)[nH]c(=O)c1. The van der Waals surface area contributed by atoms with E-state index in [0.29, 0.717) is 16.8 Å². The molecular weight excluding hydrogens is 246 g/mol. The zero-order chi connectivity index (χ0) is 14.0. The van der Waals surface area contributed by atoms with Crippen molar-refractivity contribution < 1.29 is 14.6 Å². The minimum atomic E-state index is -0.567. The highest BCUT2D eigenvalue weighted by molar-refractivity contribution is 5.90. The molecule has 1 aromatic heterocycles. The third-order valence-electron chi connectivity index (χ3n) is 2.77. The van der Waals surface area contributed by atoms with Crippen LogP contribution in [0.15, 0.2) is 35.1 Å². The number of esters is 1. The quantitative estimate of drug-likeness (QED) is 0.806. The second-order valence-corrected chi connectivity index (χ2v) is 4.14. The third kappa shape index (κ3) is 2.65. The number of phenolic OH excluding ortho intramolecular Hbond substituents is 1. The van der Waals surface area contributed by atoms with E-state index in [-0.39, 0.29) is 16.9 Å². The van der Waals surface area contributed by atoms with Gasteiger partial charge in [0.25, 0.3) is 0 Å². The van der Waals surface area contributed by atoms with Gasteiger partial charge in [0.05, 0.1) is 12.7 Å². The van der Waals surface area contributed by atoms with E-state index in [1.165, 1.54) is 19.2 Å². The van der Waals surface area contributed by atoms with Crippen LogP contribution in [0, 0.1) is 6.92 Å². The van der Waals surface area contributed by atoms with Crippen molar-refractivity contribution in [2.45, 2.75) is 6.92 Å². The number of rotatable bonds is 2. The molecule has 1 heterocycles. The number of pyridine rings is 1. The van der Waals surface area contributed by atoms with Crippen LogP contribution in [0.4, 0.5) is 0 Å². The molecule has 5 nitrogen and oxygen atoms in total. The van der Waals surface area contributed by atoms with Crippen LogP contribution in [0.5, 0.6) is 5.75 Å². The van der Waals surface area contributed by atoms with Crippen molar-refractivity contribution in [1.82, 2.24) is 4.98 Å². The minimum Gasteiger partial charge on any atom is -0.508 e. The summed E-state index contributed by atoms with van der Waals surface area (Å²) in [5.41, 5.74) is 1.69. The lowest BCUT2D eigenvalue weighted by Gasteiger charge is -2.06. The number of H-pyrrole nitrogens is 1. The van der Waals surface area contributed by atoms with E-state index < -0.39 is 5.97 Å². The lowest BCUT2D eigenvalue weighted by atomic mass is 10.1. The van der Waals surface area contributed by atoms with E-state index in [4.69, 9.17) is 0 Å². The standard InChI is InChI=1S/C14H13NO4/c1-8-5-9(3-4-12(8)16)11-6-10(14(18)19-2)7-13(17)15-11/h3-7,16H,1-2H3,(H,15,17). The summed E-state index contributed by atoms with van der Waals surface area (Å²) in [6.07, 6.45) is 0. The van der Waals surface area contributed by atoms with Crippen LogP contribution < -0.4 is 5.56 Å². The molecule has 0 unspecified atom stereocenters. The van der Waals surface area contributed by atoms with Gasteiger partial charge in [0.15, 0.2) is 0 Å². The Morgan fingerprint density at radius 2 is 2.00 bits per heavy atom. The molecular formula is C14H13NO4. The van der Waals surface area contributed by atoms with Crippen molar-refractivity contribution in [3.05, 3.63) is 51.8 Å². The molecule has 98 valence electrons. The predicted octanol–water partition coefficient (Wildman–Crippen LogP) is 1.84. The zero-order valence-electron chi connectivity index (χ0n) is 10.6. The van der Waals surface area contributed by atoms with Gasteiger partial charge in [0, 0.05) is 11.8 Å². The van der Waals surface area contributed by atoms with Gasteiger partial charge in [-0.25, -0.2) is 4.79 Å². The average molecular weight is 259 g/mol. The number of methoxy groups -OCH3 is 1. The van der Waals surface area contributed by atoms with E-state index in [1.54, 1.807) is 25.1 Å². The van der Waals surface area contributed by atoms with Crippen LogP contribution in [0.25, 0.3) is 11.3 Å². The summed E-state index contributed by atoms with van der Waals surface area (Å²) in [5, 5.41) is 9.48. The molecule has 0 radical (unpaired) electrons. The Morgan fingerprint density at radius 1 is 1.26 bits per heavy atom. The first kappa shape index (κ1) is 12.9. The third-order valence-corrected chi connectivity index (χ3v) is 2.77. The highest BCUT2D eigenvalue weighted by atomic mass is 16.5. The van der Waals surface area contributed by atoms with Gasteiger partial charge in [-0.3, -0.25) is 4.79 Å². The van der Waals surface area contributed by atoms with Gasteiger partial charge in [-0.05, 0) is 42.3 Å². The van der Waals surface area contributed by atoms with Crippen molar-refractivity contribution in [2.75, 3.05) is 7.11 Å². The highest BCUT2D eigenvalue weighted by Crippen LogP contribution is 2.23. The molecule has 0 aliphatic heterocycles. The maximum absolute atomic E-state index is 11.5. The lowest BCUT2D eigenvalue weighted by molar-refractivity contribution is 0.0600. The summed E-state index contributed by atoms with van der Waals surface area (Å²) >= 11 is 0. The minimum absolute atomic E-state index is 0.176. The first-order valence-corrected chi connectivity index (χ1v) is 5.64. The largest absolute Gasteiger partial charge is 0.508 e. The normalized spacial score (nSPS) is 10.2. The Kier molecular flexibility index (Phi) is 3.37. The fraction of sp³-hybridized carbons (Fsp3) is 0.143. The summed E-state index contributed by atoms with van der Waals surface area (Å²) in [6, 6.07) is 7.64. The summed E-state index contributed by atoms with van der Waals surface area (Å²) in [7, 11) is 1.26. The first-order chi connectivity index (χ1) is 9.01. The number of ether oxygens (including phenoxy) is 1. The molecule has 5 heteroatoms. The van der Waals surface area contributed by atoms with Gasteiger partial charge in [0.2, 0.25) is 5.56 Å². The number of aromatic amines is 1. The molecule has 0 spiro atoms. The van der Waals surface area contributed by atoms with Crippen LogP contribution in [0.1, 0.15) is 15.9 Å². The Morgan fingerprint density at radius 3 is 2.63 bits per heavy atom. The van der Waals surface area contributed by atoms with E-state index in [0.717, 1.165) is 0 Å². The van der Waals surface area contributed by atoms with Crippen molar-refractivity contribution in [2.24, 2.45) is 0 Å². The summed E-state index contributed by atoms with van der Waals surface area (Å²) < 4.78 is 4.59. The van der Waals surface area contributed by atoms with Crippen LogP contribution in [0.3, 0.4) is 0 Å². The fourth-order valence-electron chi connectivity index (χ4n) is 1.76. The molecule has 0 bridgehead atoms. The molecule has 2 N–H and O–H groups in total. The summed E-state index contributed by atoms with van der Waals surface area (Å²) in [4.78, 5) is 25.6.